The molecular formula is C13H17ClOS. The van der Waals surface area contributed by atoms with Crippen molar-refractivity contribution in [2.75, 3.05) is 5.75 Å². The molecule has 0 aliphatic carbocycles. The molecule has 1 atom stereocenters. The Kier molecular flexibility index (Phi) is 5.96. The zero-order chi connectivity index (χ0) is 12.0. The molecule has 0 amide bonds. The normalized spacial score (nSPS) is 12.4. The lowest BCUT2D eigenvalue weighted by molar-refractivity contribution is 0.199. The SMILES string of the molecule is C=C(CC)CC(O)CSc1ccc(Cl)cc1. The number of hydrogen-bond donors (Lipinski definition) is 1. The molecule has 1 rings (SSSR count). The molecule has 0 saturated carbocycles. The monoisotopic (exact) mass is 256 g/mol. The molecule has 88 valence electrons. The Morgan fingerprint density at radius 2 is 2.06 bits per heavy atom. The van der Waals surface area contributed by atoms with E-state index in [4.69, 9.17) is 11.6 Å². The number of aliphatic hydroxyl groups is 1. The molecule has 0 heterocycles. The van der Waals surface area contributed by atoms with Gasteiger partial charge in [0.05, 0.1) is 6.10 Å². The number of benzene rings is 1. The van der Waals surface area contributed by atoms with Gasteiger partial charge in [0.25, 0.3) is 0 Å². The van der Waals surface area contributed by atoms with E-state index in [-0.39, 0.29) is 6.10 Å². The summed E-state index contributed by atoms with van der Waals surface area (Å²) in [5.41, 5.74) is 1.10. The van der Waals surface area contributed by atoms with E-state index in [1.165, 1.54) is 0 Å². The van der Waals surface area contributed by atoms with Crippen LogP contribution in [0.4, 0.5) is 0 Å². The average Bonchev–Trinajstić information content (AvgIpc) is 2.28. The van der Waals surface area contributed by atoms with Crippen LogP contribution in [0.15, 0.2) is 41.3 Å². The Hall–Kier alpha value is -0.440. The maximum absolute atomic E-state index is 9.76. The van der Waals surface area contributed by atoms with Gasteiger partial charge in [0.2, 0.25) is 0 Å². The number of hydrogen-bond acceptors (Lipinski definition) is 2. The third kappa shape index (κ3) is 5.06. The first-order chi connectivity index (χ1) is 7.61. The minimum atomic E-state index is -0.312. The maximum Gasteiger partial charge on any atom is 0.0671 e. The average molecular weight is 257 g/mol. The lowest BCUT2D eigenvalue weighted by Gasteiger charge is -2.11. The summed E-state index contributed by atoms with van der Waals surface area (Å²) < 4.78 is 0. The van der Waals surface area contributed by atoms with E-state index in [0.29, 0.717) is 12.2 Å². The minimum absolute atomic E-state index is 0.312. The van der Waals surface area contributed by atoms with Gasteiger partial charge in [-0.05, 0) is 37.1 Å². The van der Waals surface area contributed by atoms with Crippen LogP contribution < -0.4 is 0 Å². The summed E-state index contributed by atoms with van der Waals surface area (Å²) in [7, 11) is 0. The predicted octanol–water partition coefficient (Wildman–Crippen LogP) is 4.15. The van der Waals surface area contributed by atoms with E-state index in [0.717, 1.165) is 21.9 Å². The molecule has 3 heteroatoms. The fourth-order valence-corrected chi connectivity index (χ4v) is 2.22. The lowest BCUT2D eigenvalue weighted by atomic mass is 10.1. The molecule has 0 bridgehead atoms. The number of halogens is 1. The standard InChI is InChI=1S/C13H17ClOS/c1-3-10(2)8-12(15)9-16-13-6-4-11(14)5-7-13/h4-7,12,15H,2-3,8-9H2,1H3. The van der Waals surface area contributed by atoms with Gasteiger partial charge in [-0.15, -0.1) is 11.8 Å². The zero-order valence-electron chi connectivity index (χ0n) is 9.45. The van der Waals surface area contributed by atoms with Crippen molar-refractivity contribution in [1.29, 1.82) is 0 Å². The van der Waals surface area contributed by atoms with Crippen LogP contribution in [0.25, 0.3) is 0 Å². The van der Waals surface area contributed by atoms with E-state index < -0.39 is 0 Å². The zero-order valence-corrected chi connectivity index (χ0v) is 11.0. The largest absolute Gasteiger partial charge is 0.392 e. The van der Waals surface area contributed by atoms with Crippen LogP contribution in [0.5, 0.6) is 0 Å². The van der Waals surface area contributed by atoms with Crippen molar-refractivity contribution in [2.45, 2.75) is 30.8 Å². The van der Waals surface area contributed by atoms with Gasteiger partial charge in [-0.3, -0.25) is 0 Å². The molecule has 0 fully saturated rings. The second-order valence-electron chi connectivity index (χ2n) is 3.73. The molecule has 0 saturated heterocycles. The first-order valence-electron chi connectivity index (χ1n) is 5.35. The van der Waals surface area contributed by atoms with Gasteiger partial charge in [0.1, 0.15) is 0 Å². The Morgan fingerprint density at radius 3 is 2.62 bits per heavy atom. The van der Waals surface area contributed by atoms with E-state index in [9.17, 15) is 5.11 Å². The molecule has 1 aromatic carbocycles. The van der Waals surface area contributed by atoms with Gasteiger partial charge in [-0.1, -0.05) is 30.7 Å². The summed E-state index contributed by atoms with van der Waals surface area (Å²) in [5.74, 6) is 0.695. The molecular weight excluding hydrogens is 240 g/mol. The maximum atomic E-state index is 9.76. The summed E-state index contributed by atoms with van der Waals surface area (Å²) in [6.45, 7) is 5.95. The van der Waals surface area contributed by atoms with Crippen LogP contribution >= 0.6 is 23.4 Å². The van der Waals surface area contributed by atoms with Gasteiger partial charge in [0, 0.05) is 15.7 Å². The highest BCUT2D eigenvalue weighted by Crippen LogP contribution is 2.22. The summed E-state index contributed by atoms with van der Waals surface area (Å²) in [6.07, 6.45) is 1.31. The molecule has 0 aliphatic rings. The first-order valence-corrected chi connectivity index (χ1v) is 6.71. The molecule has 0 aromatic heterocycles. The van der Waals surface area contributed by atoms with Crippen LogP contribution in [0, 0.1) is 0 Å². The predicted molar refractivity (Wildman–Crippen MR) is 72.2 cm³/mol. The highest BCUT2D eigenvalue weighted by molar-refractivity contribution is 7.99. The van der Waals surface area contributed by atoms with Crippen molar-refractivity contribution in [2.24, 2.45) is 0 Å². The van der Waals surface area contributed by atoms with Crippen LogP contribution in [0.2, 0.25) is 5.02 Å². The second kappa shape index (κ2) is 7.00. The molecule has 1 nitrogen and oxygen atoms in total. The molecule has 0 aliphatic heterocycles. The molecule has 1 unspecified atom stereocenters. The Bertz CT molecular complexity index is 334. The molecule has 0 radical (unpaired) electrons. The van der Waals surface area contributed by atoms with Crippen LogP contribution in [-0.2, 0) is 0 Å². The fourth-order valence-electron chi connectivity index (χ4n) is 1.26. The Morgan fingerprint density at radius 1 is 1.44 bits per heavy atom. The quantitative estimate of drug-likeness (QED) is 0.610. The third-order valence-corrected chi connectivity index (χ3v) is 3.69. The number of rotatable bonds is 6. The molecule has 1 N–H and O–H groups in total. The van der Waals surface area contributed by atoms with Gasteiger partial charge >= 0.3 is 0 Å². The minimum Gasteiger partial charge on any atom is -0.392 e. The van der Waals surface area contributed by atoms with Crippen LogP contribution in [0.1, 0.15) is 19.8 Å². The lowest BCUT2D eigenvalue weighted by Crippen LogP contribution is -2.10. The number of aliphatic hydroxyl groups excluding tert-OH is 1. The summed E-state index contributed by atoms with van der Waals surface area (Å²) in [4.78, 5) is 1.13. The van der Waals surface area contributed by atoms with Crippen LogP contribution in [0.3, 0.4) is 0 Å². The van der Waals surface area contributed by atoms with Crippen molar-refractivity contribution >= 4 is 23.4 Å². The smallest absolute Gasteiger partial charge is 0.0671 e. The van der Waals surface area contributed by atoms with Crippen molar-refractivity contribution in [3.63, 3.8) is 0 Å². The molecule has 0 spiro atoms. The number of thioether (sulfide) groups is 1. The summed E-state index contributed by atoms with van der Waals surface area (Å²) in [5, 5.41) is 10.5. The van der Waals surface area contributed by atoms with Crippen LogP contribution in [-0.4, -0.2) is 17.0 Å². The van der Waals surface area contributed by atoms with Gasteiger partial charge < -0.3 is 5.11 Å². The van der Waals surface area contributed by atoms with E-state index in [1.807, 2.05) is 24.3 Å². The summed E-state index contributed by atoms with van der Waals surface area (Å²) in [6, 6.07) is 7.66. The second-order valence-corrected chi connectivity index (χ2v) is 5.26. The van der Waals surface area contributed by atoms with Crippen molar-refractivity contribution in [1.82, 2.24) is 0 Å². The van der Waals surface area contributed by atoms with Crippen molar-refractivity contribution in [3.05, 3.63) is 41.4 Å². The van der Waals surface area contributed by atoms with Crippen molar-refractivity contribution in [3.8, 4) is 0 Å². The van der Waals surface area contributed by atoms with E-state index in [2.05, 4.69) is 13.5 Å². The first kappa shape index (κ1) is 13.6. The fraction of sp³-hybridized carbons (Fsp3) is 0.385. The van der Waals surface area contributed by atoms with E-state index >= 15 is 0 Å². The van der Waals surface area contributed by atoms with Crippen molar-refractivity contribution < 1.29 is 5.11 Å². The Labute approximate surface area is 107 Å². The molecule has 16 heavy (non-hydrogen) atoms. The van der Waals surface area contributed by atoms with Gasteiger partial charge in [0.15, 0.2) is 0 Å². The topological polar surface area (TPSA) is 20.2 Å². The highest BCUT2D eigenvalue weighted by Gasteiger charge is 2.06. The summed E-state index contributed by atoms with van der Waals surface area (Å²) >= 11 is 7.43. The highest BCUT2D eigenvalue weighted by atomic mass is 35.5. The van der Waals surface area contributed by atoms with Gasteiger partial charge in [-0.25, -0.2) is 0 Å². The van der Waals surface area contributed by atoms with Gasteiger partial charge in [-0.2, -0.15) is 0 Å². The molecule has 1 aromatic rings. The Balaban J connectivity index is 2.34. The third-order valence-electron chi connectivity index (χ3n) is 2.28. The van der Waals surface area contributed by atoms with E-state index in [1.54, 1.807) is 11.8 Å².